The average molecular weight is 333 g/mol. The molecule has 1 aromatic carbocycles. The van der Waals surface area contributed by atoms with E-state index in [2.05, 4.69) is 19.2 Å². The predicted octanol–water partition coefficient (Wildman–Crippen LogP) is 1.16. The zero-order chi connectivity index (χ0) is 17.7. The highest BCUT2D eigenvalue weighted by Crippen LogP contribution is 2.27. The van der Waals surface area contributed by atoms with Crippen LogP contribution in [-0.2, 0) is 9.59 Å². The predicted molar refractivity (Wildman–Crippen MR) is 92.5 cm³/mol. The molecule has 1 aromatic rings. The number of para-hydroxylation sites is 1. The second kappa shape index (κ2) is 7.66. The Bertz CT molecular complexity index is 574. The van der Waals surface area contributed by atoms with Gasteiger partial charge in [0.15, 0.2) is 6.61 Å². The first-order valence-corrected chi connectivity index (χ1v) is 8.31. The molecule has 3 N–H and O–H groups in total. The molecule has 24 heavy (non-hydrogen) atoms. The van der Waals surface area contributed by atoms with Gasteiger partial charge in [0.25, 0.3) is 5.91 Å². The molecule has 2 rings (SSSR count). The van der Waals surface area contributed by atoms with Crippen LogP contribution in [0.3, 0.4) is 0 Å². The molecule has 2 amide bonds. The number of rotatable bonds is 5. The Hall–Kier alpha value is -2.08. The summed E-state index contributed by atoms with van der Waals surface area (Å²) in [6.45, 7) is 6.95. The number of hydrogen-bond donors (Lipinski definition) is 2. The lowest BCUT2D eigenvalue weighted by molar-refractivity contribution is -0.139. The summed E-state index contributed by atoms with van der Waals surface area (Å²) in [6, 6.07) is 8.61. The number of piperidine rings is 1. The van der Waals surface area contributed by atoms with Gasteiger partial charge in [-0.2, -0.15) is 0 Å². The van der Waals surface area contributed by atoms with Gasteiger partial charge in [-0.25, -0.2) is 0 Å². The van der Waals surface area contributed by atoms with E-state index in [9.17, 15) is 9.59 Å². The van der Waals surface area contributed by atoms with Gasteiger partial charge in [-0.1, -0.05) is 32.0 Å². The van der Waals surface area contributed by atoms with Crippen molar-refractivity contribution in [3.8, 4) is 5.75 Å². The van der Waals surface area contributed by atoms with Gasteiger partial charge in [0.2, 0.25) is 5.91 Å². The molecule has 1 fully saturated rings. The molecule has 0 radical (unpaired) electrons. The van der Waals surface area contributed by atoms with Crippen LogP contribution in [0.1, 0.15) is 27.2 Å². The third-order valence-electron chi connectivity index (χ3n) is 4.48. The van der Waals surface area contributed by atoms with E-state index in [4.69, 9.17) is 10.5 Å². The Labute approximate surface area is 143 Å². The largest absolute Gasteiger partial charge is 0.484 e. The van der Waals surface area contributed by atoms with Gasteiger partial charge < -0.3 is 20.7 Å². The Morgan fingerprint density at radius 2 is 2.04 bits per heavy atom. The van der Waals surface area contributed by atoms with Crippen molar-refractivity contribution in [2.45, 2.75) is 39.3 Å². The van der Waals surface area contributed by atoms with E-state index in [-0.39, 0.29) is 29.9 Å². The van der Waals surface area contributed by atoms with E-state index in [1.807, 2.05) is 18.2 Å². The van der Waals surface area contributed by atoms with Gasteiger partial charge in [0.05, 0.1) is 0 Å². The number of nitrogens with two attached hydrogens (primary N) is 1. The molecule has 1 heterocycles. The Morgan fingerprint density at radius 1 is 1.38 bits per heavy atom. The van der Waals surface area contributed by atoms with Crippen LogP contribution in [0.25, 0.3) is 0 Å². The molecule has 6 heteroatoms. The molecule has 0 aliphatic carbocycles. The van der Waals surface area contributed by atoms with Gasteiger partial charge in [-0.05, 0) is 30.9 Å². The van der Waals surface area contributed by atoms with E-state index >= 15 is 0 Å². The zero-order valence-corrected chi connectivity index (χ0v) is 14.6. The molecule has 0 saturated carbocycles. The standard InChI is InChI=1S/C18H27N3O3/c1-13(17(23)21-10-9-15(19)18(2,3)12-21)20-16(22)11-24-14-7-5-4-6-8-14/h4-8,13,15H,9-12,19H2,1-3H3,(H,20,22). The van der Waals surface area contributed by atoms with Crippen LogP contribution in [0.15, 0.2) is 30.3 Å². The molecule has 1 saturated heterocycles. The monoisotopic (exact) mass is 333 g/mol. The summed E-state index contributed by atoms with van der Waals surface area (Å²) in [4.78, 5) is 26.3. The fourth-order valence-corrected chi connectivity index (χ4v) is 2.85. The van der Waals surface area contributed by atoms with Crippen LogP contribution in [0, 0.1) is 5.41 Å². The Morgan fingerprint density at radius 3 is 2.67 bits per heavy atom. The third-order valence-corrected chi connectivity index (χ3v) is 4.48. The molecule has 0 aromatic heterocycles. The molecular weight excluding hydrogens is 306 g/mol. The molecule has 132 valence electrons. The number of carbonyl (C=O) groups is 2. The van der Waals surface area contributed by atoms with E-state index in [0.717, 1.165) is 6.42 Å². The summed E-state index contributed by atoms with van der Waals surface area (Å²) < 4.78 is 5.39. The number of carbonyl (C=O) groups excluding carboxylic acids is 2. The highest BCUT2D eigenvalue weighted by atomic mass is 16.5. The minimum atomic E-state index is -0.581. The van der Waals surface area contributed by atoms with Crippen molar-refractivity contribution in [3.05, 3.63) is 30.3 Å². The van der Waals surface area contributed by atoms with Gasteiger partial charge in [-0.15, -0.1) is 0 Å². The average Bonchev–Trinajstić information content (AvgIpc) is 2.55. The fraction of sp³-hybridized carbons (Fsp3) is 0.556. The van der Waals surface area contributed by atoms with E-state index < -0.39 is 6.04 Å². The van der Waals surface area contributed by atoms with Crippen molar-refractivity contribution < 1.29 is 14.3 Å². The number of hydrogen-bond acceptors (Lipinski definition) is 4. The topological polar surface area (TPSA) is 84.7 Å². The minimum absolute atomic E-state index is 0.0805. The molecular formula is C18H27N3O3. The van der Waals surface area contributed by atoms with Gasteiger partial charge >= 0.3 is 0 Å². The van der Waals surface area contributed by atoms with Gasteiger partial charge in [-0.3, -0.25) is 9.59 Å². The zero-order valence-electron chi connectivity index (χ0n) is 14.6. The van der Waals surface area contributed by atoms with E-state index in [1.54, 1.807) is 24.0 Å². The summed E-state index contributed by atoms with van der Waals surface area (Å²) in [6.07, 6.45) is 0.774. The number of likely N-dealkylation sites (tertiary alicyclic amines) is 1. The number of amides is 2. The van der Waals surface area contributed by atoms with Gasteiger partial charge in [0.1, 0.15) is 11.8 Å². The van der Waals surface area contributed by atoms with Crippen molar-refractivity contribution in [3.63, 3.8) is 0 Å². The molecule has 1 aliphatic rings. The van der Waals surface area contributed by atoms with Crippen molar-refractivity contribution in [1.82, 2.24) is 10.2 Å². The maximum atomic E-state index is 12.5. The van der Waals surface area contributed by atoms with Crippen molar-refractivity contribution in [1.29, 1.82) is 0 Å². The molecule has 6 nitrogen and oxygen atoms in total. The first kappa shape index (κ1) is 18.3. The maximum absolute atomic E-state index is 12.5. The molecule has 1 aliphatic heterocycles. The van der Waals surface area contributed by atoms with Gasteiger partial charge in [0, 0.05) is 19.1 Å². The van der Waals surface area contributed by atoms with Crippen molar-refractivity contribution >= 4 is 11.8 Å². The summed E-state index contributed by atoms with van der Waals surface area (Å²) in [5, 5.41) is 2.70. The highest BCUT2D eigenvalue weighted by Gasteiger charge is 2.36. The van der Waals surface area contributed by atoms with Crippen LogP contribution < -0.4 is 15.8 Å². The molecule has 2 unspecified atom stereocenters. The van der Waals surface area contributed by atoms with Crippen LogP contribution in [0.5, 0.6) is 5.75 Å². The normalized spacial score (nSPS) is 21.0. The lowest BCUT2D eigenvalue weighted by Gasteiger charge is -2.43. The summed E-state index contributed by atoms with van der Waals surface area (Å²) in [5.41, 5.74) is 5.99. The first-order chi connectivity index (χ1) is 11.3. The summed E-state index contributed by atoms with van der Waals surface area (Å²) in [7, 11) is 0. The fourth-order valence-electron chi connectivity index (χ4n) is 2.85. The molecule has 0 spiro atoms. The van der Waals surface area contributed by atoms with Crippen LogP contribution in [-0.4, -0.2) is 48.5 Å². The van der Waals surface area contributed by atoms with Crippen molar-refractivity contribution in [2.24, 2.45) is 11.1 Å². The SMILES string of the molecule is CC(NC(=O)COc1ccccc1)C(=O)N1CCC(N)C(C)(C)C1. The quantitative estimate of drug-likeness (QED) is 0.847. The highest BCUT2D eigenvalue weighted by molar-refractivity contribution is 5.88. The first-order valence-electron chi connectivity index (χ1n) is 8.31. The van der Waals surface area contributed by atoms with Crippen LogP contribution in [0.4, 0.5) is 0 Å². The third kappa shape index (κ3) is 4.71. The van der Waals surface area contributed by atoms with Crippen LogP contribution >= 0.6 is 0 Å². The minimum Gasteiger partial charge on any atom is -0.484 e. The number of nitrogens with zero attached hydrogens (tertiary/aromatic N) is 1. The van der Waals surface area contributed by atoms with Crippen LogP contribution in [0.2, 0.25) is 0 Å². The second-order valence-electron chi connectivity index (χ2n) is 7.03. The molecule has 2 atom stereocenters. The maximum Gasteiger partial charge on any atom is 0.258 e. The lowest BCUT2D eigenvalue weighted by atomic mass is 9.79. The Kier molecular flexibility index (Phi) is 5.83. The second-order valence-corrected chi connectivity index (χ2v) is 7.03. The van der Waals surface area contributed by atoms with Crippen molar-refractivity contribution in [2.75, 3.05) is 19.7 Å². The van der Waals surface area contributed by atoms with E-state index in [0.29, 0.717) is 18.8 Å². The number of ether oxygens (including phenoxy) is 1. The smallest absolute Gasteiger partial charge is 0.258 e. The Balaban J connectivity index is 1.82. The number of benzene rings is 1. The lowest BCUT2D eigenvalue weighted by Crippen LogP contribution is -2.57. The van der Waals surface area contributed by atoms with E-state index in [1.165, 1.54) is 0 Å². The number of nitrogens with one attached hydrogen (secondary N) is 1. The molecule has 0 bridgehead atoms. The summed E-state index contributed by atoms with van der Waals surface area (Å²) in [5.74, 6) is 0.231. The summed E-state index contributed by atoms with van der Waals surface area (Å²) >= 11 is 0.